The van der Waals surface area contributed by atoms with Crippen molar-refractivity contribution in [3.05, 3.63) is 0 Å². The van der Waals surface area contributed by atoms with Crippen molar-refractivity contribution in [1.82, 2.24) is 0 Å². The summed E-state index contributed by atoms with van der Waals surface area (Å²) in [6.07, 6.45) is -14.0. The normalized spacial score (nSPS) is 53.5. The zero-order chi connectivity index (χ0) is 16.6. The van der Waals surface area contributed by atoms with Crippen LogP contribution in [0.5, 0.6) is 0 Å². The lowest BCUT2D eigenvalue weighted by Crippen LogP contribution is -2.60. The fourth-order valence-electron chi connectivity index (χ4n) is 2.41. The molecule has 0 spiro atoms. The molecule has 0 aromatic rings. The van der Waals surface area contributed by atoms with Gasteiger partial charge in [0.05, 0.1) is 12.7 Å². The Hall–Kier alpha value is -0.400. The summed E-state index contributed by atoms with van der Waals surface area (Å²) in [5.41, 5.74) is 0. The van der Waals surface area contributed by atoms with Gasteiger partial charge in [-0.25, -0.2) is 0 Å². The predicted molar refractivity (Wildman–Crippen MR) is 67.2 cm³/mol. The second kappa shape index (κ2) is 7.01. The van der Waals surface area contributed by atoms with E-state index in [0.29, 0.717) is 0 Å². The number of hydrogen-bond donors (Lipinski definition) is 7. The summed E-state index contributed by atoms with van der Waals surface area (Å²) in [5.74, 6) is 0. The Kier molecular flexibility index (Phi) is 5.72. The van der Waals surface area contributed by atoms with Gasteiger partial charge in [0.15, 0.2) is 12.6 Å². The first-order valence-corrected chi connectivity index (χ1v) is 6.93. The lowest BCUT2D eigenvalue weighted by Gasteiger charge is -2.41. The molecule has 22 heavy (non-hydrogen) atoms. The lowest BCUT2D eigenvalue weighted by atomic mass is 9.99. The van der Waals surface area contributed by atoms with Crippen LogP contribution in [-0.4, -0.2) is 104 Å². The highest BCUT2D eigenvalue weighted by Crippen LogP contribution is 2.24. The third kappa shape index (κ3) is 3.41. The Morgan fingerprint density at radius 3 is 1.95 bits per heavy atom. The summed E-state index contributed by atoms with van der Waals surface area (Å²) in [4.78, 5) is 0. The van der Waals surface area contributed by atoms with E-state index in [4.69, 9.17) is 14.2 Å². The Morgan fingerprint density at radius 2 is 1.32 bits per heavy atom. The highest BCUT2D eigenvalue weighted by molar-refractivity contribution is 4.90. The van der Waals surface area contributed by atoms with Crippen molar-refractivity contribution >= 4 is 0 Å². The molecule has 10 nitrogen and oxygen atoms in total. The van der Waals surface area contributed by atoms with Crippen LogP contribution in [0, 0.1) is 0 Å². The van der Waals surface area contributed by atoms with Crippen LogP contribution in [0.15, 0.2) is 0 Å². The van der Waals surface area contributed by atoms with Gasteiger partial charge in [-0.15, -0.1) is 0 Å². The molecule has 2 heterocycles. The molecule has 2 aliphatic rings. The van der Waals surface area contributed by atoms with E-state index >= 15 is 0 Å². The van der Waals surface area contributed by atoms with E-state index < -0.39 is 61.4 Å². The van der Waals surface area contributed by atoms with Crippen LogP contribution >= 0.6 is 0 Å². The molecule has 10 atom stereocenters. The Bertz CT molecular complexity index is 334. The first-order chi connectivity index (χ1) is 10.2. The number of aliphatic hydroxyl groups is 7. The summed E-state index contributed by atoms with van der Waals surface area (Å²) < 4.78 is 15.3. The average Bonchev–Trinajstić information content (AvgIpc) is 2.49. The fraction of sp³-hybridized carbons (Fsp3) is 1.00. The van der Waals surface area contributed by atoms with Gasteiger partial charge < -0.3 is 50.0 Å². The molecule has 2 saturated heterocycles. The first kappa shape index (κ1) is 17.9. The second-order valence-corrected chi connectivity index (χ2v) is 5.55. The number of rotatable bonds is 3. The van der Waals surface area contributed by atoms with Gasteiger partial charge in [-0.1, -0.05) is 0 Å². The van der Waals surface area contributed by atoms with E-state index in [1.807, 2.05) is 0 Å². The van der Waals surface area contributed by atoms with Crippen LogP contribution in [0.1, 0.15) is 6.92 Å². The predicted octanol–water partition coefficient (Wildman–Crippen LogP) is -4.37. The molecular weight excluding hydrogens is 304 g/mol. The highest BCUT2D eigenvalue weighted by atomic mass is 16.7. The number of hydrogen-bond acceptors (Lipinski definition) is 10. The van der Waals surface area contributed by atoms with Crippen molar-refractivity contribution in [3.8, 4) is 0 Å². The van der Waals surface area contributed by atoms with Crippen molar-refractivity contribution in [2.24, 2.45) is 0 Å². The van der Waals surface area contributed by atoms with Gasteiger partial charge in [0, 0.05) is 0 Å². The third-order valence-corrected chi connectivity index (χ3v) is 3.92. The fourth-order valence-corrected chi connectivity index (χ4v) is 2.41. The summed E-state index contributed by atoms with van der Waals surface area (Å²) in [6.45, 7) is 1.09. The summed E-state index contributed by atoms with van der Waals surface area (Å²) in [7, 11) is 0. The minimum Gasteiger partial charge on any atom is -0.388 e. The maximum Gasteiger partial charge on any atom is 0.186 e. The van der Waals surface area contributed by atoms with Gasteiger partial charge in [0.25, 0.3) is 0 Å². The maximum atomic E-state index is 9.76. The summed E-state index contributed by atoms with van der Waals surface area (Å²) in [5, 5.41) is 67.0. The maximum absolute atomic E-state index is 9.76. The van der Waals surface area contributed by atoms with Gasteiger partial charge in [-0.05, 0) is 6.92 Å². The van der Waals surface area contributed by atoms with Crippen molar-refractivity contribution in [1.29, 1.82) is 0 Å². The van der Waals surface area contributed by atoms with E-state index in [2.05, 4.69) is 0 Å². The van der Waals surface area contributed by atoms with E-state index in [0.717, 1.165) is 0 Å². The molecule has 2 aliphatic heterocycles. The van der Waals surface area contributed by atoms with Crippen LogP contribution in [0.25, 0.3) is 0 Å². The Balaban J connectivity index is 1.92. The van der Waals surface area contributed by atoms with Gasteiger partial charge in [-0.2, -0.15) is 0 Å². The molecule has 0 radical (unpaired) electrons. The van der Waals surface area contributed by atoms with Crippen molar-refractivity contribution in [2.45, 2.75) is 68.3 Å². The van der Waals surface area contributed by atoms with Crippen LogP contribution < -0.4 is 0 Å². The van der Waals surface area contributed by atoms with E-state index in [9.17, 15) is 35.7 Å². The van der Waals surface area contributed by atoms with E-state index in [1.54, 1.807) is 0 Å². The first-order valence-electron chi connectivity index (χ1n) is 6.93. The van der Waals surface area contributed by atoms with Crippen molar-refractivity contribution < 1.29 is 50.0 Å². The minimum atomic E-state index is -1.70. The highest BCUT2D eigenvalue weighted by Gasteiger charge is 2.45. The van der Waals surface area contributed by atoms with Gasteiger partial charge in [-0.3, -0.25) is 0 Å². The van der Waals surface area contributed by atoms with Crippen LogP contribution in [0.2, 0.25) is 0 Å². The smallest absolute Gasteiger partial charge is 0.186 e. The SMILES string of the molecule is C[C@@H]1O[C@H](OC[C@H]2O[C@H](O)[C@H](O)[C@@H](O)[C@H]2O)[C@@H](O)[C@H](O)[C@@H]1O. The summed E-state index contributed by atoms with van der Waals surface area (Å²) >= 11 is 0. The molecule has 0 saturated carbocycles. The zero-order valence-electron chi connectivity index (χ0n) is 11.8. The lowest BCUT2D eigenvalue weighted by molar-refractivity contribution is -0.322. The largest absolute Gasteiger partial charge is 0.388 e. The summed E-state index contributed by atoms with van der Waals surface area (Å²) in [6, 6.07) is 0. The van der Waals surface area contributed by atoms with Crippen molar-refractivity contribution in [2.75, 3.05) is 6.61 Å². The molecule has 0 amide bonds. The molecule has 0 aromatic heterocycles. The number of aliphatic hydroxyl groups excluding tert-OH is 7. The molecule has 0 bridgehead atoms. The molecule has 10 heteroatoms. The molecule has 0 unspecified atom stereocenters. The van der Waals surface area contributed by atoms with Crippen LogP contribution in [-0.2, 0) is 14.2 Å². The van der Waals surface area contributed by atoms with Gasteiger partial charge in [0.1, 0.15) is 42.7 Å². The van der Waals surface area contributed by atoms with E-state index in [-0.39, 0.29) is 6.61 Å². The van der Waals surface area contributed by atoms with Gasteiger partial charge >= 0.3 is 0 Å². The molecular formula is C12H22O10. The molecule has 0 aromatic carbocycles. The second-order valence-electron chi connectivity index (χ2n) is 5.55. The third-order valence-electron chi connectivity index (χ3n) is 3.92. The quantitative estimate of drug-likeness (QED) is 0.269. The number of ether oxygens (including phenoxy) is 3. The average molecular weight is 326 g/mol. The minimum absolute atomic E-state index is 0.390. The monoisotopic (exact) mass is 326 g/mol. The molecule has 7 N–H and O–H groups in total. The van der Waals surface area contributed by atoms with Gasteiger partial charge in [0.2, 0.25) is 0 Å². The Labute approximate surface area is 126 Å². The molecule has 2 fully saturated rings. The standard InChI is InChI=1S/C12H22O10/c1-3-5(13)7(15)10(18)12(21-3)20-2-4-6(14)8(16)9(17)11(19)22-4/h3-19H,2H2,1H3/t3-,4+,5+,6-,7+,8-,9+,10-,11-,12-/m0/s1. The topological polar surface area (TPSA) is 169 Å². The van der Waals surface area contributed by atoms with E-state index in [1.165, 1.54) is 6.92 Å². The molecule has 0 aliphatic carbocycles. The zero-order valence-corrected chi connectivity index (χ0v) is 11.8. The van der Waals surface area contributed by atoms with Crippen LogP contribution in [0.4, 0.5) is 0 Å². The Morgan fingerprint density at radius 1 is 0.727 bits per heavy atom. The molecule has 2 rings (SSSR count). The molecule has 130 valence electrons. The van der Waals surface area contributed by atoms with Crippen molar-refractivity contribution in [3.63, 3.8) is 0 Å². The van der Waals surface area contributed by atoms with Crippen LogP contribution in [0.3, 0.4) is 0 Å².